The van der Waals surface area contributed by atoms with Crippen LogP contribution in [0.15, 0.2) is 67.8 Å². The molecule has 0 amide bonds. The van der Waals surface area contributed by atoms with Gasteiger partial charge in [0, 0.05) is 6.08 Å². The van der Waals surface area contributed by atoms with Gasteiger partial charge in [-0.2, -0.15) is 0 Å². The summed E-state index contributed by atoms with van der Waals surface area (Å²) in [6.07, 6.45) is 0.448. The average molecular weight is 334 g/mol. The van der Waals surface area contributed by atoms with Crippen LogP contribution >= 0.6 is 0 Å². The SMILES string of the molecule is C=C(C(=O)OC)C(C)Oc1ccccc1.C=CC(=O)OC(O)C=C. The summed E-state index contributed by atoms with van der Waals surface area (Å²) >= 11 is 0. The van der Waals surface area contributed by atoms with E-state index in [9.17, 15) is 9.59 Å². The highest BCUT2D eigenvalue weighted by molar-refractivity contribution is 5.88. The molecule has 130 valence electrons. The first-order valence-electron chi connectivity index (χ1n) is 6.98. The lowest BCUT2D eigenvalue weighted by Crippen LogP contribution is -2.21. The number of methoxy groups -OCH3 is 1. The summed E-state index contributed by atoms with van der Waals surface area (Å²) in [5, 5.41) is 8.55. The lowest BCUT2D eigenvalue weighted by atomic mass is 10.2. The van der Waals surface area contributed by atoms with E-state index in [-0.39, 0.29) is 6.10 Å². The van der Waals surface area contributed by atoms with Crippen molar-refractivity contribution in [3.63, 3.8) is 0 Å². The van der Waals surface area contributed by atoms with Gasteiger partial charge >= 0.3 is 11.9 Å². The molecule has 0 aliphatic carbocycles. The molecule has 0 bridgehead atoms. The molecule has 0 aliphatic heterocycles. The Hall–Kier alpha value is -2.86. The van der Waals surface area contributed by atoms with Crippen LogP contribution in [-0.2, 0) is 19.1 Å². The first-order valence-corrected chi connectivity index (χ1v) is 6.98. The zero-order valence-electron chi connectivity index (χ0n) is 13.8. The minimum absolute atomic E-state index is 0.307. The number of hydrogen-bond donors (Lipinski definition) is 1. The molecule has 2 unspecified atom stereocenters. The molecule has 0 aromatic heterocycles. The van der Waals surface area contributed by atoms with Gasteiger partial charge < -0.3 is 19.3 Å². The summed E-state index contributed by atoms with van der Waals surface area (Å²) in [5.41, 5.74) is 0.307. The fourth-order valence-corrected chi connectivity index (χ4v) is 1.29. The lowest BCUT2D eigenvalue weighted by molar-refractivity contribution is -0.154. The maximum absolute atomic E-state index is 11.1. The second kappa shape index (κ2) is 11.7. The van der Waals surface area contributed by atoms with Gasteiger partial charge in [-0.05, 0) is 25.1 Å². The van der Waals surface area contributed by atoms with Crippen LogP contribution in [-0.4, -0.2) is 36.5 Å². The Balaban J connectivity index is 0.000000506. The molecule has 6 nitrogen and oxygen atoms in total. The molecule has 0 fully saturated rings. The molecule has 1 N–H and O–H groups in total. The van der Waals surface area contributed by atoms with Crippen molar-refractivity contribution < 1.29 is 28.9 Å². The van der Waals surface area contributed by atoms with Crippen LogP contribution in [0.5, 0.6) is 5.75 Å². The standard InChI is InChI=1S/C12H14O3.C6H8O3/c1-9(12(13)14-3)10(2)15-11-7-5-4-6-8-11;1-3-5(7)9-6(8)4-2/h4-8,10H,1H2,2-3H3;3-5,7H,1-2H2. The minimum Gasteiger partial charge on any atom is -0.486 e. The molecular formula is C18H22O6. The minimum atomic E-state index is -1.23. The molecular weight excluding hydrogens is 312 g/mol. The van der Waals surface area contributed by atoms with Crippen molar-refractivity contribution in [1.29, 1.82) is 0 Å². The Morgan fingerprint density at radius 2 is 1.79 bits per heavy atom. The number of carbonyl (C=O) groups excluding carboxylic acids is 2. The van der Waals surface area contributed by atoms with Crippen molar-refractivity contribution in [2.24, 2.45) is 0 Å². The van der Waals surface area contributed by atoms with Gasteiger partial charge in [0.1, 0.15) is 11.9 Å². The Bertz CT molecular complexity index is 564. The van der Waals surface area contributed by atoms with E-state index in [1.165, 1.54) is 7.11 Å². The van der Waals surface area contributed by atoms with Crippen molar-refractivity contribution in [1.82, 2.24) is 0 Å². The Labute approximate surface area is 141 Å². The second-order valence-electron chi connectivity index (χ2n) is 4.36. The lowest BCUT2D eigenvalue weighted by Gasteiger charge is -2.15. The predicted molar refractivity (Wildman–Crippen MR) is 90.2 cm³/mol. The molecule has 24 heavy (non-hydrogen) atoms. The highest BCUT2D eigenvalue weighted by Crippen LogP contribution is 2.14. The van der Waals surface area contributed by atoms with E-state index in [0.717, 1.165) is 12.2 Å². The fraction of sp³-hybridized carbons (Fsp3) is 0.222. The van der Waals surface area contributed by atoms with Crippen LogP contribution in [0.3, 0.4) is 0 Å². The van der Waals surface area contributed by atoms with Crippen LogP contribution < -0.4 is 4.74 Å². The molecule has 0 heterocycles. The summed E-state index contributed by atoms with van der Waals surface area (Å²) in [6, 6.07) is 9.26. The summed E-state index contributed by atoms with van der Waals surface area (Å²) < 4.78 is 14.3. The molecule has 0 radical (unpaired) electrons. The molecule has 0 aliphatic rings. The van der Waals surface area contributed by atoms with Gasteiger partial charge in [-0.3, -0.25) is 0 Å². The van der Waals surface area contributed by atoms with Crippen molar-refractivity contribution in [3.05, 3.63) is 67.8 Å². The number of para-hydroxylation sites is 1. The largest absolute Gasteiger partial charge is 0.486 e. The van der Waals surface area contributed by atoms with Gasteiger partial charge in [-0.1, -0.05) is 37.9 Å². The van der Waals surface area contributed by atoms with E-state index in [0.29, 0.717) is 11.3 Å². The van der Waals surface area contributed by atoms with Crippen molar-refractivity contribution in [2.45, 2.75) is 19.3 Å². The average Bonchev–Trinajstić information content (AvgIpc) is 2.61. The number of hydrogen-bond acceptors (Lipinski definition) is 6. The quantitative estimate of drug-likeness (QED) is 0.357. The van der Waals surface area contributed by atoms with Crippen LogP contribution in [0, 0.1) is 0 Å². The van der Waals surface area contributed by atoms with Crippen molar-refractivity contribution >= 4 is 11.9 Å². The fourth-order valence-electron chi connectivity index (χ4n) is 1.29. The maximum atomic E-state index is 11.1. The van der Waals surface area contributed by atoms with Crippen LogP contribution in [0.1, 0.15) is 6.92 Å². The molecule has 1 rings (SSSR count). The van der Waals surface area contributed by atoms with E-state index in [1.807, 2.05) is 30.3 Å². The Morgan fingerprint density at radius 3 is 2.25 bits per heavy atom. The van der Waals surface area contributed by atoms with Gasteiger partial charge in [0.2, 0.25) is 6.29 Å². The molecule has 0 spiro atoms. The van der Waals surface area contributed by atoms with Crippen molar-refractivity contribution in [2.75, 3.05) is 7.11 Å². The number of ether oxygens (including phenoxy) is 3. The van der Waals surface area contributed by atoms with Gasteiger partial charge in [-0.15, -0.1) is 0 Å². The van der Waals surface area contributed by atoms with E-state index in [1.54, 1.807) is 6.92 Å². The third kappa shape index (κ3) is 8.55. The molecule has 1 aromatic carbocycles. The zero-order chi connectivity index (χ0) is 18.5. The van der Waals surface area contributed by atoms with Crippen molar-refractivity contribution in [3.8, 4) is 5.75 Å². The molecule has 0 saturated heterocycles. The number of carbonyl (C=O) groups is 2. The predicted octanol–water partition coefficient (Wildman–Crippen LogP) is 2.40. The maximum Gasteiger partial charge on any atom is 0.336 e. The number of benzene rings is 1. The number of aliphatic hydroxyl groups excluding tert-OH is 1. The Kier molecular flexibility index (Phi) is 10.3. The zero-order valence-corrected chi connectivity index (χ0v) is 13.8. The van der Waals surface area contributed by atoms with E-state index >= 15 is 0 Å². The highest BCUT2D eigenvalue weighted by atomic mass is 16.6. The third-order valence-electron chi connectivity index (χ3n) is 2.60. The highest BCUT2D eigenvalue weighted by Gasteiger charge is 2.16. The van der Waals surface area contributed by atoms with Gasteiger partial charge in [0.05, 0.1) is 12.7 Å². The summed E-state index contributed by atoms with van der Waals surface area (Å²) in [7, 11) is 1.32. The monoisotopic (exact) mass is 334 g/mol. The van der Waals surface area contributed by atoms with Crippen LogP contribution in [0.2, 0.25) is 0 Å². The molecule has 1 aromatic rings. The Morgan fingerprint density at radius 1 is 1.21 bits per heavy atom. The summed E-state index contributed by atoms with van der Waals surface area (Å²) in [4.78, 5) is 21.4. The van der Waals surface area contributed by atoms with Gasteiger partial charge in [0.25, 0.3) is 0 Å². The first kappa shape index (κ1) is 21.1. The van der Waals surface area contributed by atoms with Crippen LogP contribution in [0.25, 0.3) is 0 Å². The van der Waals surface area contributed by atoms with E-state index in [4.69, 9.17) is 9.84 Å². The van der Waals surface area contributed by atoms with Crippen LogP contribution in [0.4, 0.5) is 0 Å². The first-order chi connectivity index (χ1) is 11.3. The number of esters is 2. The summed E-state index contributed by atoms with van der Waals surface area (Å²) in [6.45, 7) is 11.7. The molecule has 2 atom stereocenters. The number of aliphatic hydroxyl groups is 1. The van der Waals surface area contributed by atoms with Gasteiger partial charge in [-0.25, -0.2) is 9.59 Å². The van der Waals surface area contributed by atoms with Gasteiger partial charge in [0.15, 0.2) is 0 Å². The molecule has 6 heteroatoms. The summed E-state index contributed by atoms with van der Waals surface area (Å²) in [5.74, 6) is -0.407. The third-order valence-corrected chi connectivity index (χ3v) is 2.60. The second-order valence-corrected chi connectivity index (χ2v) is 4.36. The smallest absolute Gasteiger partial charge is 0.336 e. The van der Waals surface area contributed by atoms with E-state index in [2.05, 4.69) is 29.2 Å². The topological polar surface area (TPSA) is 82.1 Å². The number of rotatable bonds is 7. The normalized spacial score (nSPS) is 11.6. The van der Waals surface area contributed by atoms with E-state index < -0.39 is 18.2 Å². The molecule has 0 saturated carbocycles.